The van der Waals surface area contributed by atoms with E-state index in [1.165, 1.54) is 19.5 Å². The topological polar surface area (TPSA) is 55.4 Å². The van der Waals surface area contributed by atoms with Crippen molar-refractivity contribution in [2.45, 2.75) is 19.8 Å². The Morgan fingerprint density at radius 2 is 2.00 bits per heavy atom. The Balaban J connectivity index is 2.23. The number of rotatable bonds is 11. The molecule has 1 fully saturated rings. The molecule has 1 aliphatic heterocycles. The molecule has 1 aliphatic rings. The van der Waals surface area contributed by atoms with E-state index >= 15 is 0 Å². The molecule has 1 rings (SSSR count). The molecule has 1 saturated heterocycles. The lowest BCUT2D eigenvalue weighted by atomic mass is 10.4. The third-order valence-corrected chi connectivity index (χ3v) is 4.52. The van der Waals surface area contributed by atoms with E-state index in [2.05, 4.69) is 46.4 Å². The molecule has 1 heterocycles. The molecule has 0 unspecified atom stereocenters. The molecule has 7 heteroatoms. The van der Waals surface area contributed by atoms with Crippen molar-refractivity contribution < 1.29 is 4.74 Å². The summed E-state index contributed by atoms with van der Waals surface area (Å²) in [6, 6.07) is 0. The van der Waals surface area contributed by atoms with E-state index in [1.807, 2.05) is 0 Å². The maximum absolute atomic E-state index is 5.10. The zero-order valence-corrected chi connectivity index (χ0v) is 16.9. The van der Waals surface area contributed by atoms with Gasteiger partial charge in [0.25, 0.3) is 0 Å². The molecule has 0 spiro atoms. The highest BCUT2D eigenvalue weighted by Gasteiger charge is 2.11. The highest BCUT2D eigenvalue weighted by Crippen LogP contribution is 2.00. The second-order valence-corrected chi connectivity index (χ2v) is 6.84. The number of hydrogen-bond donors (Lipinski definition) is 2. The number of nitrogens with zero attached hydrogens (tertiary/aromatic N) is 4. The molecule has 0 aliphatic carbocycles. The van der Waals surface area contributed by atoms with E-state index < -0.39 is 0 Å². The van der Waals surface area contributed by atoms with E-state index in [1.54, 1.807) is 7.11 Å². The monoisotopic (exact) mass is 356 g/mol. The maximum Gasteiger partial charge on any atom is 0.191 e. The Bertz CT molecular complexity index is 352. The third kappa shape index (κ3) is 11.4. The predicted molar refractivity (Wildman–Crippen MR) is 107 cm³/mol. The standard InChI is InChI=1S/C18H40N6O/c1-5-19-18(20-8-13-22(2)11-7-17-25-4)21-9-14-24-12-6-10-23(3)15-16-24/h5-17H2,1-4H3,(H2,19,20,21). The van der Waals surface area contributed by atoms with E-state index in [9.17, 15) is 0 Å². The van der Waals surface area contributed by atoms with Crippen LogP contribution in [0.1, 0.15) is 19.8 Å². The summed E-state index contributed by atoms with van der Waals surface area (Å²) in [5.74, 6) is 0.930. The van der Waals surface area contributed by atoms with Gasteiger partial charge in [-0.05, 0) is 47.0 Å². The van der Waals surface area contributed by atoms with Crippen molar-refractivity contribution in [2.75, 3.05) is 93.3 Å². The molecule has 0 aromatic heterocycles. The van der Waals surface area contributed by atoms with Crippen LogP contribution in [0.4, 0.5) is 0 Å². The van der Waals surface area contributed by atoms with Crippen molar-refractivity contribution in [1.82, 2.24) is 25.3 Å². The first-order valence-corrected chi connectivity index (χ1v) is 9.76. The van der Waals surface area contributed by atoms with Crippen LogP contribution in [0.15, 0.2) is 4.99 Å². The van der Waals surface area contributed by atoms with Gasteiger partial charge in [0.1, 0.15) is 0 Å². The first-order valence-electron chi connectivity index (χ1n) is 9.76. The van der Waals surface area contributed by atoms with Crippen molar-refractivity contribution in [2.24, 2.45) is 4.99 Å². The van der Waals surface area contributed by atoms with Gasteiger partial charge >= 0.3 is 0 Å². The average Bonchev–Trinajstić information content (AvgIpc) is 2.79. The van der Waals surface area contributed by atoms with Gasteiger partial charge in [-0.2, -0.15) is 0 Å². The highest BCUT2D eigenvalue weighted by atomic mass is 16.5. The van der Waals surface area contributed by atoms with Crippen molar-refractivity contribution >= 4 is 5.96 Å². The first-order chi connectivity index (χ1) is 12.2. The Kier molecular flexibility index (Phi) is 12.7. The predicted octanol–water partition coefficient (Wildman–Crippen LogP) is 0.147. The minimum absolute atomic E-state index is 0.828. The van der Waals surface area contributed by atoms with E-state index in [0.717, 1.165) is 71.3 Å². The minimum atomic E-state index is 0.828. The van der Waals surface area contributed by atoms with Crippen molar-refractivity contribution in [1.29, 1.82) is 0 Å². The van der Waals surface area contributed by atoms with Gasteiger partial charge in [-0.25, -0.2) is 0 Å². The molecule has 0 aromatic rings. The lowest BCUT2D eigenvalue weighted by molar-refractivity contribution is 0.180. The number of likely N-dealkylation sites (N-methyl/N-ethyl adjacent to an activating group) is 2. The largest absolute Gasteiger partial charge is 0.385 e. The lowest BCUT2D eigenvalue weighted by Crippen LogP contribution is -2.41. The molecular formula is C18H40N6O. The van der Waals surface area contributed by atoms with Gasteiger partial charge < -0.3 is 30.1 Å². The van der Waals surface area contributed by atoms with Gasteiger partial charge in [0.2, 0.25) is 0 Å². The lowest BCUT2D eigenvalue weighted by Gasteiger charge is -2.20. The summed E-state index contributed by atoms with van der Waals surface area (Å²) < 4.78 is 5.10. The fraction of sp³-hybridized carbons (Fsp3) is 0.944. The number of guanidine groups is 1. The van der Waals surface area contributed by atoms with Gasteiger partial charge in [-0.3, -0.25) is 4.99 Å². The molecule has 7 nitrogen and oxygen atoms in total. The van der Waals surface area contributed by atoms with Crippen LogP contribution in [0.3, 0.4) is 0 Å². The molecule has 0 bridgehead atoms. The Morgan fingerprint density at radius 3 is 2.76 bits per heavy atom. The van der Waals surface area contributed by atoms with Crippen LogP contribution in [-0.4, -0.2) is 114 Å². The Labute approximate surface area is 154 Å². The van der Waals surface area contributed by atoms with Crippen LogP contribution in [0, 0.1) is 0 Å². The summed E-state index contributed by atoms with van der Waals surface area (Å²) in [6.07, 6.45) is 2.33. The molecule has 0 atom stereocenters. The minimum Gasteiger partial charge on any atom is -0.385 e. The molecule has 2 N–H and O–H groups in total. The van der Waals surface area contributed by atoms with Gasteiger partial charge in [0.15, 0.2) is 5.96 Å². The van der Waals surface area contributed by atoms with E-state index in [-0.39, 0.29) is 0 Å². The number of ether oxygens (including phenoxy) is 1. The summed E-state index contributed by atoms with van der Waals surface area (Å²) in [5.41, 5.74) is 0. The SMILES string of the molecule is CCNC(=NCCN1CCCN(C)CC1)NCCN(C)CCCOC. The second kappa shape index (κ2) is 14.3. The van der Waals surface area contributed by atoms with Gasteiger partial charge in [0.05, 0.1) is 6.54 Å². The first kappa shape index (κ1) is 22.2. The average molecular weight is 357 g/mol. The van der Waals surface area contributed by atoms with E-state index in [4.69, 9.17) is 9.73 Å². The summed E-state index contributed by atoms with van der Waals surface area (Å²) in [6.45, 7) is 13.4. The zero-order chi connectivity index (χ0) is 18.3. The normalized spacial score (nSPS) is 17.7. The summed E-state index contributed by atoms with van der Waals surface area (Å²) in [7, 11) is 6.11. The fourth-order valence-electron chi connectivity index (χ4n) is 2.92. The van der Waals surface area contributed by atoms with Crippen LogP contribution in [0.2, 0.25) is 0 Å². The van der Waals surface area contributed by atoms with E-state index in [0.29, 0.717) is 0 Å². The number of hydrogen-bond acceptors (Lipinski definition) is 5. The van der Waals surface area contributed by atoms with Gasteiger partial charge in [-0.1, -0.05) is 0 Å². The molecule has 0 saturated carbocycles. The van der Waals surface area contributed by atoms with Crippen LogP contribution < -0.4 is 10.6 Å². The smallest absolute Gasteiger partial charge is 0.191 e. The number of methoxy groups -OCH3 is 1. The molecule has 0 amide bonds. The molecule has 0 radical (unpaired) electrons. The van der Waals surface area contributed by atoms with Crippen LogP contribution >= 0.6 is 0 Å². The van der Waals surface area contributed by atoms with Gasteiger partial charge in [0, 0.05) is 59.5 Å². The summed E-state index contributed by atoms with van der Waals surface area (Å²) in [4.78, 5) is 12.0. The Morgan fingerprint density at radius 1 is 1.16 bits per heavy atom. The molecule has 0 aromatic carbocycles. The van der Waals surface area contributed by atoms with Crippen LogP contribution in [-0.2, 0) is 4.74 Å². The zero-order valence-electron chi connectivity index (χ0n) is 16.9. The van der Waals surface area contributed by atoms with Crippen molar-refractivity contribution in [3.63, 3.8) is 0 Å². The third-order valence-electron chi connectivity index (χ3n) is 4.52. The highest BCUT2D eigenvalue weighted by molar-refractivity contribution is 5.79. The van der Waals surface area contributed by atoms with Gasteiger partial charge in [-0.15, -0.1) is 0 Å². The quantitative estimate of drug-likeness (QED) is 0.312. The van der Waals surface area contributed by atoms with Crippen LogP contribution in [0.25, 0.3) is 0 Å². The van der Waals surface area contributed by atoms with Crippen LogP contribution in [0.5, 0.6) is 0 Å². The molecule has 148 valence electrons. The van der Waals surface area contributed by atoms with Crippen molar-refractivity contribution in [3.05, 3.63) is 0 Å². The number of nitrogens with one attached hydrogen (secondary N) is 2. The maximum atomic E-state index is 5.10. The summed E-state index contributed by atoms with van der Waals surface area (Å²) >= 11 is 0. The molecular weight excluding hydrogens is 316 g/mol. The molecule has 25 heavy (non-hydrogen) atoms. The van der Waals surface area contributed by atoms with Crippen molar-refractivity contribution in [3.8, 4) is 0 Å². The fourth-order valence-corrected chi connectivity index (χ4v) is 2.92. The number of aliphatic imine (C=N–C) groups is 1. The second-order valence-electron chi connectivity index (χ2n) is 6.84. The summed E-state index contributed by atoms with van der Waals surface area (Å²) in [5, 5.41) is 6.78. The Hall–Kier alpha value is -0.890.